The van der Waals surface area contributed by atoms with Gasteiger partial charge in [0.1, 0.15) is 6.61 Å². The molecule has 0 aliphatic carbocycles. The van der Waals surface area contributed by atoms with E-state index in [1.165, 1.54) is 28.4 Å². The lowest BCUT2D eigenvalue weighted by molar-refractivity contribution is -0.135. The van der Waals surface area contributed by atoms with Crippen molar-refractivity contribution in [2.24, 2.45) is 0 Å². The molecule has 8 heteroatoms. The van der Waals surface area contributed by atoms with Crippen LogP contribution in [0.5, 0.6) is 17.2 Å². The Morgan fingerprint density at radius 1 is 0.885 bits per heavy atom. The van der Waals surface area contributed by atoms with E-state index >= 15 is 0 Å². The lowest BCUT2D eigenvalue weighted by Crippen LogP contribution is -2.38. The molecule has 0 N–H and O–H groups in total. The number of ether oxygens (including phenoxy) is 4. The lowest BCUT2D eigenvalue weighted by Gasteiger charge is -2.23. The second-order valence-electron chi connectivity index (χ2n) is 5.87. The van der Waals surface area contributed by atoms with Crippen LogP contribution in [0, 0.1) is 0 Å². The van der Waals surface area contributed by atoms with Crippen LogP contribution >= 0.6 is 0 Å². The van der Waals surface area contributed by atoms with Gasteiger partial charge in [0.25, 0.3) is 5.91 Å². The molecule has 144 valence electrons. The summed E-state index contributed by atoms with van der Waals surface area (Å²) in [7, 11) is 6.03. The Balaban J connectivity index is 2.17. The molecule has 0 atom stereocenters. The summed E-state index contributed by atoms with van der Waals surface area (Å²) < 4.78 is 20.8. The minimum absolute atomic E-state index is 0.0564. The molecule has 26 heavy (non-hydrogen) atoms. The summed E-state index contributed by atoms with van der Waals surface area (Å²) in [6, 6.07) is 3.28. The van der Waals surface area contributed by atoms with Gasteiger partial charge in [0.15, 0.2) is 11.5 Å². The number of benzene rings is 1. The molecule has 0 aromatic heterocycles. The quantitative estimate of drug-likeness (QED) is 0.749. The van der Waals surface area contributed by atoms with Crippen LogP contribution in [0.3, 0.4) is 0 Å². The molecule has 1 aromatic rings. The van der Waals surface area contributed by atoms with Gasteiger partial charge in [-0.3, -0.25) is 9.59 Å². The summed E-state index contributed by atoms with van der Waals surface area (Å²) in [5.41, 5.74) is 0.455. The summed E-state index contributed by atoms with van der Waals surface area (Å²) >= 11 is 0. The highest BCUT2D eigenvalue weighted by atomic mass is 16.5. The molecule has 2 amide bonds. The largest absolute Gasteiger partial charge is 0.493 e. The zero-order chi connectivity index (χ0) is 19.1. The fourth-order valence-electron chi connectivity index (χ4n) is 2.97. The second kappa shape index (κ2) is 9.28. The second-order valence-corrected chi connectivity index (χ2v) is 5.87. The Hall–Kier alpha value is -2.48. The van der Waals surface area contributed by atoms with Crippen LogP contribution in [0.4, 0.5) is 0 Å². The third-order valence-corrected chi connectivity index (χ3v) is 4.32. The van der Waals surface area contributed by atoms with E-state index in [2.05, 4.69) is 0 Å². The van der Waals surface area contributed by atoms with Crippen LogP contribution in [-0.4, -0.2) is 82.8 Å². The topological polar surface area (TPSA) is 77.5 Å². The van der Waals surface area contributed by atoms with E-state index in [1.54, 1.807) is 21.9 Å². The molecule has 0 bridgehead atoms. The van der Waals surface area contributed by atoms with Crippen LogP contribution in [0.15, 0.2) is 12.1 Å². The predicted octanol–water partition coefficient (Wildman–Crippen LogP) is 1.03. The minimum atomic E-state index is -0.134. The maximum absolute atomic E-state index is 12.9. The van der Waals surface area contributed by atoms with Crippen LogP contribution in [0.25, 0.3) is 0 Å². The minimum Gasteiger partial charge on any atom is -0.493 e. The number of carbonyl (C=O) groups excluding carboxylic acids is 2. The van der Waals surface area contributed by atoms with Crippen molar-refractivity contribution in [2.75, 3.05) is 61.2 Å². The first kappa shape index (κ1) is 19.8. The third kappa shape index (κ3) is 4.37. The van der Waals surface area contributed by atoms with Crippen molar-refractivity contribution in [1.29, 1.82) is 0 Å². The number of hydrogen-bond donors (Lipinski definition) is 0. The van der Waals surface area contributed by atoms with Crippen LogP contribution in [-0.2, 0) is 9.53 Å². The zero-order valence-corrected chi connectivity index (χ0v) is 15.7. The van der Waals surface area contributed by atoms with Gasteiger partial charge < -0.3 is 28.7 Å². The molecule has 0 saturated carbocycles. The zero-order valence-electron chi connectivity index (χ0n) is 15.7. The number of carbonyl (C=O) groups is 2. The molecular formula is C18H26N2O6. The average molecular weight is 366 g/mol. The first-order valence-electron chi connectivity index (χ1n) is 8.41. The first-order valence-corrected chi connectivity index (χ1v) is 8.41. The molecule has 1 fully saturated rings. The molecule has 1 heterocycles. The van der Waals surface area contributed by atoms with E-state index < -0.39 is 0 Å². The van der Waals surface area contributed by atoms with E-state index in [0.29, 0.717) is 55.4 Å². The normalized spacial score (nSPS) is 14.6. The van der Waals surface area contributed by atoms with Crippen molar-refractivity contribution in [3.05, 3.63) is 17.7 Å². The SMILES string of the molecule is COCC(=O)N1CCCN(C(=O)c2cc(OC)c(OC)c(OC)c2)CC1. The predicted molar refractivity (Wildman–Crippen MR) is 95.1 cm³/mol. The van der Waals surface area contributed by atoms with Crippen molar-refractivity contribution < 1.29 is 28.5 Å². The summed E-state index contributed by atoms with van der Waals surface area (Å²) in [5, 5.41) is 0. The summed E-state index contributed by atoms with van der Waals surface area (Å²) in [6.45, 7) is 2.19. The van der Waals surface area contributed by atoms with Gasteiger partial charge >= 0.3 is 0 Å². The van der Waals surface area contributed by atoms with Crippen molar-refractivity contribution in [1.82, 2.24) is 9.80 Å². The molecule has 0 radical (unpaired) electrons. The molecule has 1 aliphatic heterocycles. The van der Waals surface area contributed by atoms with Crippen molar-refractivity contribution in [3.8, 4) is 17.2 Å². The van der Waals surface area contributed by atoms with Crippen molar-refractivity contribution in [3.63, 3.8) is 0 Å². The Labute approximate surface area is 153 Å². The van der Waals surface area contributed by atoms with Gasteiger partial charge in [0, 0.05) is 38.9 Å². The maximum atomic E-state index is 12.9. The Morgan fingerprint density at radius 2 is 1.46 bits per heavy atom. The van der Waals surface area contributed by atoms with E-state index in [1.807, 2.05) is 0 Å². The fraction of sp³-hybridized carbons (Fsp3) is 0.556. The summed E-state index contributed by atoms with van der Waals surface area (Å²) in [6.07, 6.45) is 0.714. The molecule has 0 unspecified atom stereocenters. The number of amides is 2. The van der Waals surface area contributed by atoms with E-state index in [-0.39, 0.29) is 18.4 Å². The van der Waals surface area contributed by atoms with E-state index in [9.17, 15) is 9.59 Å². The number of hydrogen-bond acceptors (Lipinski definition) is 6. The fourth-order valence-corrected chi connectivity index (χ4v) is 2.97. The van der Waals surface area contributed by atoms with Crippen molar-refractivity contribution >= 4 is 11.8 Å². The van der Waals surface area contributed by atoms with Gasteiger partial charge in [-0.15, -0.1) is 0 Å². The van der Waals surface area contributed by atoms with Gasteiger partial charge in [0.2, 0.25) is 11.7 Å². The van der Waals surface area contributed by atoms with Gasteiger partial charge in [-0.1, -0.05) is 0 Å². The molecule has 2 rings (SSSR count). The van der Waals surface area contributed by atoms with Gasteiger partial charge in [-0.25, -0.2) is 0 Å². The van der Waals surface area contributed by atoms with Gasteiger partial charge in [-0.05, 0) is 18.6 Å². The first-order chi connectivity index (χ1) is 12.5. The Bertz CT molecular complexity index is 624. The molecule has 1 saturated heterocycles. The van der Waals surface area contributed by atoms with E-state index in [0.717, 1.165) is 0 Å². The van der Waals surface area contributed by atoms with Crippen LogP contribution in [0.1, 0.15) is 16.8 Å². The lowest BCUT2D eigenvalue weighted by atomic mass is 10.1. The highest BCUT2D eigenvalue weighted by molar-refractivity contribution is 5.95. The third-order valence-electron chi connectivity index (χ3n) is 4.32. The van der Waals surface area contributed by atoms with Gasteiger partial charge in [-0.2, -0.15) is 0 Å². The molecule has 1 aliphatic rings. The smallest absolute Gasteiger partial charge is 0.254 e. The molecule has 8 nitrogen and oxygen atoms in total. The summed E-state index contributed by atoms with van der Waals surface area (Å²) in [5.74, 6) is 1.11. The summed E-state index contributed by atoms with van der Waals surface area (Å²) in [4.78, 5) is 28.4. The maximum Gasteiger partial charge on any atom is 0.254 e. The molecular weight excluding hydrogens is 340 g/mol. The monoisotopic (exact) mass is 366 g/mol. The Morgan fingerprint density at radius 3 is 2.00 bits per heavy atom. The standard InChI is InChI=1S/C18H26N2O6/c1-23-12-16(21)19-6-5-7-20(9-8-19)18(22)13-10-14(24-2)17(26-4)15(11-13)25-3/h10-11H,5-9,12H2,1-4H3. The molecule has 1 aromatic carbocycles. The molecule has 0 spiro atoms. The highest BCUT2D eigenvalue weighted by Crippen LogP contribution is 2.38. The highest BCUT2D eigenvalue weighted by Gasteiger charge is 2.24. The Kier molecular flexibility index (Phi) is 7.08. The van der Waals surface area contributed by atoms with E-state index in [4.69, 9.17) is 18.9 Å². The van der Waals surface area contributed by atoms with Crippen LogP contribution < -0.4 is 14.2 Å². The number of methoxy groups -OCH3 is 4. The number of rotatable bonds is 6. The average Bonchev–Trinajstić information content (AvgIpc) is 2.92. The number of nitrogens with zero attached hydrogens (tertiary/aromatic N) is 2. The van der Waals surface area contributed by atoms with Gasteiger partial charge in [0.05, 0.1) is 21.3 Å². The van der Waals surface area contributed by atoms with Crippen LogP contribution in [0.2, 0.25) is 0 Å². The van der Waals surface area contributed by atoms with Crippen molar-refractivity contribution in [2.45, 2.75) is 6.42 Å².